The molecule has 120 valence electrons. The van der Waals surface area contributed by atoms with Gasteiger partial charge < -0.3 is 5.32 Å². The molecule has 0 aliphatic heterocycles. The fraction of sp³-hybridized carbons (Fsp3) is 0.667. The minimum absolute atomic E-state index is 0.153. The average molecular weight is 355 g/mol. The number of nitrogens with one attached hydrogen (secondary N) is 1. The van der Waals surface area contributed by atoms with Crippen LogP contribution in [0.2, 0.25) is 0 Å². The van der Waals surface area contributed by atoms with Crippen molar-refractivity contribution in [2.75, 3.05) is 6.54 Å². The van der Waals surface area contributed by atoms with E-state index in [4.69, 9.17) is 0 Å². The van der Waals surface area contributed by atoms with Crippen molar-refractivity contribution in [3.63, 3.8) is 0 Å². The lowest BCUT2D eigenvalue weighted by molar-refractivity contribution is 0.205. The molecule has 0 aliphatic carbocycles. The van der Waals surface area contributed by atoms with E-state index < -0.39 is 0 Å². The van der Waals surface area contributed by atoms with Crippen molar-refractivity contribution in [2.24, 2.45) is 0 Å². The number of benzene rings is 1. The SMILES string of the molecule is CCC(C)N(CC)Cc1ccc(CNC(C)(C)C)cc1Br. The molecule has 0 aromatic heterocycles. The molecule has 2 nitrogen and oxygen atoms in total. The highest BCUT2D eigenvalue weighted by atomic mass is 79.9. The Morgan fingerprint density at radius 2 is 1.90 bits per heavy atom. The summed E-state index contributed by atoms with van der Waals surface area (Å²) in [6.45, 7) is 16.4. The summed E-state index contributed by atoms with van der Waals surface area (Å²) in [5.41, 5.74) is 2.85. The van der Waals surface area contributed by atoms with E-state index in [1.807, 2.05) is 0 Å². The molecule has 1 N–H and O–H groups in total. The molecular weight excluding hydrogens is 324 g/mol. The molecule has 0 bridgehead atoms. The number of hydrogen-bond acceptors (Lipinski definition) is 2. The smallest absolute Gasteiger partial charge is 0.0247 e. The maximum atomic E-state index is 3.74. The Labute approximate surface area is 139 Å². The van der Waals surface area contributed by atoms with Crippen molar-refractivity contribution >= 4 is 15.9 Å². The summed E-state index contributed by atoms with van der Waals surface area (Å²) in [5, 5.41) is 3.53. The summed E-state index contributed by atoms with van der Waals surface area (Å²) in [5.74, 6) is 0. The van der Waals surface area contributed by atoms with E-state index in [-0.39, 0.29) is 5.54 Å². The summed E-state index contributed by atoms with van der Waals surface area (Å²) in [6, 6.07) is 7.38. The summed E-state index contributed by atoms with van der Waals surface area (Å²) < 4.78 is 1.22. The highest BCUT2D eigenvalue weighted by Crippen LogP contribution is 2.22. The molecule has 0 amide bonds. The minimum atomic E-state index is 0.153. The topological polar surface area (TPSA) is 15.3 Å². The van der Waals surface area contributed by atoms with Crippen molar-refractivity contribution in [1.29, 1.82) is 0 Å². The van der Waals surface area contributed by atoms with Gasteiger partial charge in [0, 0.05) is 29.1 Å². The van der Waals surface area contributed by atoms with E-state index in [1.54, 1.807) is 0 Å². The number of hydrogen-bond donors (Lipinski definition) is 1. The highest BCUT2D eigenvalue weighted by Gasteiger charge is 2.13. The van der Waals surface area contributed by atoms with E-state index in [0.29, 0.717) is 6.04 Å². The molecule has 1 atom stereocenters. The molecule has 0 aliphatic rings. The van der Waals surface area contributed by atoms with Crippen molar-refractivity contribution in [1.82, 2.24) is 10.2 Å². The van der Waals surface area contributed by atoms with E-state index in [2.05, 4.69) is 85.9 Å². The van der Waals surface area contributed by atoms with Gasteiger partial charge in [0.1, 0.15) is 0 Å². The third kappa shape index (κ3) is 6.50. The molecule has 1 rings (SSSR count). The maximum absolute atomic E-state index is 3.74. The summed E-state index contributed by atoms with van der Waals surface area (Å²) in [6.07, 6.45) is 1.19. The average Bonchev–Trinajstić information content (AvgIpc) is 2.42. The monoisotopic (exact) mass is 354 g/mol. The fourth-order valence-electron chi connectivity index (χ4n) is 2.25. The second-order valence-electron chi connectivity index (χ2n) is 6.85. The fourth-order valence-corrected chi connectivity index (χ4v) is 2.80. The first-order chi connectivity index (χ1) is 9.76. The van der Waals surface area contributed by atoms with Crippen LogP contribution in [0.25, 0.3) is 0 Å². The Morgan fingerprint density at radius 1 is 1.24 bits per heavy atom. The predicted molar refractivity (Wildman–Crippen MR) is 96.6 cm³/mol. The molecule has 1 unspecified atom stereocenters. The molecule has 1 aromatic rings. The first-order valence-electron chi connectivity index (χ1n) is 8.03. The van der Waals surface area contributed by atoms with Gasteiger partial charge in [-0.15, -0.1) is 0 Å². The van der Waals surface area contributed by atoms with Crippen molar-refractivity contribution < 1.29 is 0 Å². The van der Waals surface area contributed by atoms with Crippen LogP contribution >= 0.6 is 15.9 Å². The van der Waals surface area contributed by atoms with Crippen LogP contribution in [-0.2, 0) is 13.1 Å². The van der Waals surface area contributed by atoms with Crippen LogP contribution in [-0.4, -0.2) is 23.0 Å². The molecule has 0 heterocycles. The third-order valence-corrected chi connectivity index (χ3v) is 4.67. The van der Waals surface area contributed by atoms with Crippen LogP contribution in [0.15, 0.2) is 22.7 Å². The Morgan fingerprint density at radius 3 is 2.38 bits per heavy atom. The van der Waals surface area contributed by atoms with Gasteiger partial charge in [0.25, 0.3) is 0 Å². The normalized spacial score (nSPS) is 13.7. The zero-order valence-electron chi connectivity index (χ0n) is 14.5. The summed E-state index contributed by atoms with van der Waals surface area (Å²) in [4.78, 5) is 2.52. The van der Waals surface area contributed by atoms with Gasteiger partial charge in [0.15, 0.2) is 0 Å². The Balaban J connectivity index is 2.73. The van der Waals surface area contributed by atoms with Crippen LogP contribution in [0.3, 0.4) is 0 Å². The van der Waals surface area contributed by atoms with Crippen molar-refractivity contribution in [3.05, 3.63) is 33.8 Å². The van der Waals surface area contributed by atoms with Crippen LogP contribution in [0.4, 0.5) is 0 Å². The molecule has 0 fully saturated rings. The van der Waals surface area contributed by atoms with Crippen LogP contribution in [0.1, 0.15) is 59.1 Å². The standard InChI is InChI=1S/C18H31BrN2/c1-7-14(3)21(8-2)13-16-10-9-15(11-17(16)19)12-20-18(4,5)6/h9-11,14,20H,7-8,12-13H2,1-6H3. The first kappa shape index (κ1) is 18.7. The second kappa shape index (κ2) is 8.30. The molecule has 0 radical (unpaired) electrons. The first-order valence-corrected chi connectivity index (χ1v) is 8.82. The largest absolute Gasteiger partial charge is 0.308 e. The number of halogens is 1. The summed E-state index contributed by atoms with van der Waals surface area (Å²) >= 11 is 3.74. The van der Waals surface area contributed by atoms with E-state index in [9.17, 15) is 0 Å². The molecule has 1 aromatic carbocycles. The molecule has 3 heteroatoms. The lowest BCUT2D eigenvalue weighted by Gasteiger charge is -2.27. The van der Waals surface area contributed by atoms with E-state index in [1.165, 1.54) is 22.0 Å². The van der Waals surface area contributed by atoms with Crippen LogP contribution in [0, 0.1) is 0 Å². The zero-order chi connectivity index (χ0) is 16.0. The zero-order valence-corrected chi connectivity index (χ0v) is 16.0. The molecule has 0 saturated heterocycles. The molecular formula is C18H31BrN2. The number of rotatable bonds is 7. The molecule has 21 heavy (non-hydrogen) atoms. The molecule has 0 saturated carbocycles. The van der Waals surface area contributed by atoms with Gasteiger partial charge in [-0.2, -0.15) is 0 Å². The highest BCUT2D eigenvalue weighted by molar-refractivity contribution is 9.10. The molecule has 0 spiro atoms. The van der Waals surface area contributed by atoms with E-state index >= 15 is 0 Å². The van der Waals surface area contributed by atoms with Gasteiger partial charge in [-0.25, -0.2) is 0 Å². The van der Waals surface area contributed by atoms with Gasteiger partial charge in [0.05, 0.1) is 0 Å². The Kier molecular flexibility index (Phi) is 7.38. The minimum Gasteiger partial charge on any atom is -0.308 e. The summed E-state index contributed by atoms with van der Waals surface area (Å²) in [7, 11) is 0. The van der Waals surface area contributed by atoms with Gasteiger partial charge in [-0.05, 0) is 57.9 Å². The van der Waals surface area contributed by atoms with Gasteiger partial charge >= 0.3 is 0 Å². The maximum Gasteiger partial charge on any atom is 0.0247 e. The van der Waals surface area contributed by atoms with Crippen molar-refractivity contribution in [2.45, 2.75) is 72.6 Å². The van der Waals surface area contributed by atoms with E-state index in [0.717, 1.165) is 19.6 Å². The van der Waals surface area contributed by atoms with Gasteiger partial charge in [0.2, 0.25) is 0 Å². The quantitative estimate of drug-likeness (QED) is 0.744. The lowest BCUT2D eigenvalue weighted by atomic mass is 10.1. The second-order valence-corrected chi connectivity index (χ2v) is 7.70. The Hall–Kier alpha value is -0.380. The predicted octanol–water partition coefficient (Wildman–Crippen LogP) is 4.96. The van der Waals surface area contributed by atoms with Crippen LogP contribution in [0.5, 0.6) is 0 Å². The van der Waals surface area contributed by atoms with Crippen LogP contribution < -0.4 is 5.32 Å². The Bertz CT molecular complexity index is 437. The lowest BCUT2D eigenvalue weighted by Crippen LogP contribution is -2.35. The van der Waals surface area contributed by atoms with Crippen molar-refractivity contribution in [3.8, 4) is 0 Å². The van der Waals surface area contributed by atoms with Gasteiger partial charge in [-0.1, -0.05) is 41.9 Å². The third-order valence-electron chi connectivity index (χ3n) is 3.93. The number of nitrogens with zero attached hydrogens (tertiary/aromatic N) is 1. The van der Waals surface area contributed by atoms with Gasteiger partial charge in [-0.3, -0.25) is 4.90 Å².